The zero-order chi connectivity index (χ0) is 19.8. The average Bonchev–Trinajstić information content (AvgIpc) is 3.13. The molecule has 4 rings (SSSR count). The minimum atomic E-state index is -0.776. The molecular weight excluding hydrogens is 370 g/mol. The SMILES string of the molecule is O=c1oc(-c2cc([N+](=O)[O-])cc([N+](=O)[O-])c2)nc2c1cnn2-c1ccccc1. The molecule has 11 heteroatoms. The minimum Gasteiger partial charge on any atom is -0.403 e. The van der Waals surface area contributed by atoms with Crippen LogP contribution in [0, 0.1) is 20.2 Å². The van der Waals surface area contributed by atoms with Crippen LogP contribution in [-0.2, 0) is 0 Å². The van der Waals surface area contributed by atoms with Gasteiger partial charge in [0.15, 0.2) is 5.65 Å². The van der Waals surface area contributed by atoms with Gasteiger partial charge in [0.2, 0.25) is 5.89 Å². The zero-order valence-corrected chi connectivity index (χ0v) is 13.9. The average molecular weight is 379 g/mol. The van der Waals surface area contributed by atoms with E-state index in [1.165, 1.54) is 10.9 Å². The topological polar surface area (TPSA) is 147 Å². The molecule has 0 radical (unpaired) electrons. The van der Waals surface area contributed by atoms with E-state index in [1.807, 2.05) is 6.07 Å². The molecule has 138 valence electrons. The van der Waals surface area contributed by atoms with Crippen molar-refractivity contribution < 1.29 is 14.3 Å². The predicted molar refractivity (Wildman–Crippen MR) is 96.1 cm³/mol. The van der Waals surface area contributed by atoms with Gasteiger partial charge in [-0.2, -0.15) is 10.1 Å². The van der Waals surface area contributed by atoms with Gasteiger partial charge in [0.1, 0.15) is 5.39 Å². The molecule has 28 heavy (non-hydrogen) atoms. The van der Waals surface area contributed by atoms with Crippen LogP contribution in [0.3, 0.4) is 0 Å². The maximum Gasteiger partial charge on any atom is 0.350 e. The van der Waals surface area contributed by atoms with Gasteiger partial charge in [-0.05, 0) is 12.1 Å². The number of fused-ring (bicyclic) bond motifs is 1. The Labute approximate surface area is 154 Å². The smallest absolute Gasteiger partial charge is 0.350 e. The van der Waals surface area contributed by atoms with Crippen molar-refractivity contribution in [2.75, 3.05) is 0 Å². The molecule has 2 aromatic carbocycles. The fourth-order valence-corrected chi connectivity index (χ4v) is 2.67. The third-order valence-electron chi connectivity index (χ3n) is 3.93. The highest BCUT2D eigenvalue weighted by atomic mass is 16.6. The van der Waals surface area contributed by atoms with Gasteiger partial charge in [-0.25, -0.2) is 9.48 Å². The highest BCUT2D eigenvalue weighted by Crippen LogP contribution is 2.29. The Morgan fingerprint density at radius 1 is 0.964 bits per heavy atom. The Balaban J connectivity index is 1.97. The predicted octanol–water partition coefficient (Wildman–Crippen LogP) is 2.86. The number of nitro groups is 2. The molecule has 0 amide bonds. The van der Waals surface area contributed by atoms with E-state index in [9.17, 15) is 25.0 Å². The molecule has 0 aliphatic heterocycles. The number of aromatic nitrogens is 3. The lowest BCUT2D eigenvalue weighted by Crippen LogP contribution is -2.05. The summed E-state index contributed by atoms with van der Waals surface area (Å²) < 4.78 is 6.53. The second kappa shape index (κ2) is 6.39. The normalized spacial score (nSPS) is 10.9. The van der Waals surface area contributed by atoms with E-state index >= 15 is 0 Å². The number of para-hydroxylation sites is 1. The first kappa shape index (κ1) is 17.0. The van der Waals surface area contributed by atoms with Crippen LogP contribution in [0.5, 0.6) is 0 Å². The number of hydrogen-bond acceptors (Lipinski definition) is 8. The van der Waals surface area contributed by atoms with E-state index in [0.29, 0.717) is 5.69 Å². The molecule has 0 bridgehead atoms. The summed E-state index contributed by atoms with van der Waals surface area (Å²) in [5, 5.41) is 26.4. The molecule has 4 aromatic rings. The van der Waals surface area contributed by atoms with Crippen molar-refractivity contribution in [1.82, 2.24) is 14.8 Å². The first-order valence-electron chi connectivity index (χ1n) is 7.82. The highest BCUT2D eigenvalue weighted by molar-refractivity contribution is 5.77. The summed E-state index contributed by atoms with van der Waals surface area (Å²) in [5.74, 6) is -0.290. The number of non-ortho nitro benzene ring substituents is 2. The van der Waals surface area contributed by atoms with Crippen LogP contribution in [0.1, 0.15) is 0 Å². The molecule has 0 saturated heterocycles. The van der Waals surface area contributed by atoms with E-state index in [1.54, 1.807) is 24.3 Å². The van der Waals surface area contributed by atoms with Gasteiger partial charge in [-0.3, -0.25) is 20.2 Å². The number of nitro benzene ring substituents is 2. The maximum atomic E-state index is 12.3. The summed E-state index contributed by atoms with van der Waals surface area (Å²) in [5.41, 5.74) is -1.09. The van der Waals surface area contributed by atoms with E-state index in [4.69, 9.17) is 4.42 Å². The van der Waals surface area contributed by atoms with E-state index in [-0.39, 0.29) is 22.5 Å². The van der Waals surface area contributed by atoms with E-state index in [0.717, 1.165) is 18.2 Å². The Morgan fingerprint density at radius 3 is 2.21 bits per heavy atom. The Kier molecular flexibility index (Phi) is 3.89. The zero-order valence-electron chi connectivity index (χ0n) is 13.9. The van der Waals surface area contributed by atoms with Gasteiger partial charge in [-0.15, -0.1) is 0 Å². The summed E-state index contributed by atoms with van der Waals surface area (Å²) >= 11 is 0. The minimum absolute atomic E-state index is 0.0688. The van der Waals surface area contributed by atoms with Crippen LogP contribution in [0.25, 0.3) is 28.2 Å². The van der Waals surface area contributed by atoms with Crippen molar-refractivity contribution in [3.8, 4) is 17.1 Å². The lowest BCUT2D eigenvalue weighted by molar-refractivity contribution is -0.394. The van der Waals surface area contributed by atoms with Gasteiger partial charge in [0, 0.05) is 12.1 Å². The summed E-state index contributed by atoms with van der Waals surface area (Å²) in [6.07, 6.45) is 1.29. The van der Waals surface area contributed by atoms with Crippen molar-refractivity contribution in [1.29, 1.82) is 0 Å². The van der Waals surface area contributed by atoms with Crippen LogP contribution < -0.4 is 5.63 Å². The van der Waals surface area contributed by atoms with Crippen molar-refractivity contribution in [2.24, 2.45) is 0 Å². The number of hydrogen-bond donors (Lipinski definition) is 0. The molecule has 0 spiro atoms. The molecule has 0 N–H and O–H groups in total. The van der Waals surface area contributed by atoms with E-state index < -0.39 is 26.8 Å². The number of benzene rings is 2. The van der Waals surface area contributed by atoms with Gasteiger partial charge >= 0.3 is 5.63 Å². The second-order valence-electron chi connectivity index (χ2n) is 5.69. The molecule has 0 aliphatic carbocycles. The van der Waals surface area contributed by atoms with Crippen molar-refractivity contribution in [2.45, 2.75) is 0 Å². The van der Waals surface area contributed by atoms with Gasteiger partial charge in [-0.1, -0.05) is 18.2 Å². The molecule has 11 nitrogen and oxygen atoms in total. The Hall–Kier alpha value is -4.41. The summed E-state index contributed by atoms with van der Waals surface area (Å²) in [6.45, 7) is 0. The van der Waals surface area contributed by atoms with Crippen LogP contribution in [0.15, 0.2) is 63.9 Å². The molecule has 2 aromatic heterocycles. The molecular formula is C17H9N5O6. The summed E-state index contributed by atoms with van der Waals surface area (Å²) in [4.78, 5) is 37.2. The molecule has 0 atom stereocenters. The van der Waals surface area contributed by atoms with Crippen molar-refractivity contribution in [3.63, 3.8) is 0 Å². The lowest BCUT2D eigenvalue weighted by Gasteiger charge is -2.04. The molecule has 0 saturated carbocycles. The lowest BCUT2D eigenvalue weighted by atomic mass is 10.1. The largest absolute Gasteiger partial charge is 0.403 e. The third-order valence-corrected chi connectivity index (χ3v) is 3.93. The summed E-state index contributed by atoms with van der Waals surface area (Å²) in [6, 6.07) is 11.8. The molecule has 0 fully saturated rings. The highest BCUT2D eigenvalue weighted by Gasteiger charge is 2.21. The van der Waals surface area contributed by atoms with Crippen LogP contribution >= 0.6 is 0 Å². The Bertz CT molecular complexity index is 1260. The van der Waals surface area contributed by atoms with E-state index in [2.05, 4.69) is 10.1 Å². The second-order valence-corrected chi connectivity index (χ2v) is 5.69. The van der Waals surface area contributed by atoms with Crippen LogP contribution in [0.4, 0.5) is 11.4 Å². The van der Waals surface area contributed by atoms with Gasteiger partial charge < -0.3 is 4.42 Å². The Morgan fingerprint density at radius 2 is 1.61 bits per heavy atom. The molecule has 2 heterocycles. The van der Waals surface area contributed by atoms with Gasteiger partial charge in [0.25, 0.3) is 11.4 Å². The maximum absolute atomic E-state index is 12.3. The van der Waals surface area contributed by atoms with Crippen LogP contribution in [-0.4, -0.2) is 24.6 Å². The monoisotopic (exact) mass is 379 g/mol. The van der Waals surface area contributed by atoms with Crippen LogP contribution in [0.2, 0.25) is 0 Å². The first-order chi connectivity index (χ1) is 13.4. The number of nitrogens with zero attached hydrogens (tertiary/aromatic N) is 5. The summed E-state index contributed by atoms with van der Waals surface area (Å²) in [7, 11) is 0. The quantitative estimate of drug-likeness (QED) is 0.388. The van der Waals surface area contributed by atoms with Crippen molar-refractivity contribution in [3.05, 3.63) is 85.4 Å². The number of rotatable bonds is 4. The van der Waals surface area contributed by atoms with Gasteiger partial charge in [0.05, 0.1) is 33.4 Å². The first-order valence-corrected chi connectivity index (χ1v) is 7.82. The fourth-order valence-electron chi connectivity index (χ4n) is 2.67. The van der Waals surface area contributed by atoms with Crippen molar-refractivity contribution >= 4 is 22.4 Å². The molecule has 0 unspecified atom stereocenters. The fraction of sp³-hybridized carbons (Fsp3) is 0. The third kappa shape index (κ3) is 2.86. The standard InChI is InChI=1S/C17H9N5O6/c23-17-14-9-18-20(11-4-2-1-3-5-11)15(14)19-16(28-17)10-6-12(21(24)25)8-13(7-10)22(26)27/h1-9H. The molecule has 0 aliphatic rings.